The average Bonchev–Trinajstić information content (AvgIpc) is 2.57. The molecule has 0 bridgehead atoms. The zero-order valence-corrected chi connectivity index (χ0v) is 9.67. The molecule has 0 aliphatic carbocycles. The number of rotatable bonds is 3. The van der Waals surface area contributed by atoms with E-state index in [2.05, 4.69) is 11.9 Å². The highest BCUT2D eigenvalue weighted by Gasteiger charge is 2.03. The van der Waals surface area contributed by atoms with E-state index < -0.39 is 0 Å². The van der Waals surface area contributed by atoms with Crippen LogP contribution in [0.15, 0.2) is 30.3 Å². The number of para-hydroxylation sites is 1. The summed E-state index contributed by atoms with van der Waals surface area (Å²) in [5.41, 5.74) is 1.10. The molecule has 2 aromatic rings. The second-order valence-corrected chi connectivity index (χ2v) is 4.64. The summed E-state index contributed by atoms with van der Waals surface area (Å²) < 4.78 is 5.61. The Kier molecular flexibility index (Phi) is 3.02. The van der Waals surface area contributed by atoms with E-state index in [9.17, 15) is 0 Å². The molecule has 0 amide bonds. The highest BCUT2D eigenvalue weighted by atomic mass is 32.1. The number of hydrogen-bond acceptors (Lipinski definition) is 3. The highest BCUT2D eigenvalue weighted by Crippen LogP contribution is 2.18. The van der Waals surface area contributed by atoms with E-state index in [4.69, 9.17) is 4.74 Å². The third-order valence-electron chi connectivity index (χ3n) is 2.18. The molecule has 0 aliphatic rings. The molecule has 0 aliphatic heterocycles. The second kappa shape index (κ2) is 4.45. The lowest BCUT2D eigenvalue weighted by molar-refractivity contribution is 0.305. The third-order valence-corrected chi connectivity index (χ3v) is 3.22. The van der Waals surface area contributed by atoms with Gasteiger partial charge >= 0.3 is 0 Å². The minimum absolute atomic E-state index is 0.559. The molecule has 78 valence electrons. The molecule has 0 spiro atoms. The Morgan fingerprint density at radius 2 is 1.93 bits per heavy atom. The fraction of sp³-hybridized carbons (Fsp3) is 0.250. The molecule has 3 heteroatoms. The van der Waals surface area contributed by atoms with Crippen LogP contribution in [0.25, 0.3) is 0 Å². The van der Waals surface area contributed by atoms with Crippen LogP contribution < -0.4 is 4.74 Å². The minimum atomic E-state index is 0.559. The van der Waals surface area contributed by atoms with E-state index in [1.54, 1.807) is 11.3 Å². The number of ether oxygens (including phenoxy) is 1. The lowest BCUT2D eigenvalue weighted by atomic mass is 10.3. The molecule has 2 nitrogen and oxygen atoms in total. The summed E-state index contributed by atoms with van der Waals surface area (Å²) >= 11 is 1.70. The summed E-state index contributed by atoms with van der Waals surface area (Å²) in [7, 11) is 0. The number of nitrogens with zero attached hydrogens (tertiary/aromatic N) is 1. The standard InChI is InChI=1S/C12H13NOS/c1-9-10(2)15-12(13-9)8-14-11-6-4-3-5-7-11/h3-7H,8H2,1-2H3. The summed E-state index contributed by atoms with van der Waals surface area (Å²) in [4.78, 5) is 5.68. The van der Waals surface area contributed by atoms with Gasteiger partial charge in [0.05, 0.1) is 5.69 Å². The van der Waals surface area contributed by atoms with Gasteiger partial charge in [-0.15, -0.1) is 11.3 Å². The first kappa shape index (κ1) is 10.2. The molecule has 1 aromatic carbocycles. The van der Waals surface area contributed by atoms with Crippen LogP contribution in [0.2, 0.25) is 0 Å². The number of aryl methyl sites for hydroxylation is 2. The predicted molar refractivity (Wildman–Crippen MR) is 62.4 cm³/mol. The summed E-state index contributed by atoms with van der Waals surface area (Å²) in [5, 5.41) is 1.04. The summed E-state index contributed by atoms with van der Waals surface area (Å²) in [5.74, 6) is 0.892. The van der Waals surface area contributed by atoms with Gasteiger partial charge in [-0.25, -0.2) is 4.98 Å². The first-order chi connectivity index (χ1) is 7.25. The predicted octanol–water partition coefficient (Wildman–Crippen LogP) is 3.34. The van der Waals surface area contributed by atoms with Gasteiger partial charge in [-0.1, -0.05) is 18.2 Å². The Morgan fingerprint density at radius 3 is 2.53 bits per heavy atom. The molecule has 0 fully saturated rings. The Morgan fingerprint density at radius 1 is 1.20 bits per heavy atom. The van der Waals surface area contributed by atoms with E-state index in [0.29, 0.717) is 6.61 Å². The quantitative estimate of drug-likeness (QED) is 0.790. The molecule has 0 atom stereocenters. The van der Waals surface area contributed by atoms with Gasteiger partial charge in [0, 0.05) is 4.88 Å². The average molecular weight is 219 g/mol. The smallest absolute Gasteiger partial charge is 0.140 e. The molecular weight excluding hydrogens is 206 g/mol. The Balaban J connectivity index is 1.99. The van der Waals surface area contributed by atoms with Gasteiger partial charge in [0.1, 0.15) is 17.4 Å². The SMILES string of the molecule is Cc1nc(COc2ccccc2)sc1C. The van der Waals surface area contributed by atoms with E-state index in [1.165, 1.54) is 4.88 Å². The van der Waals surface area contributed by atoms with Gasteiger partial charge in [0.15, 0.2) is 0 Å². The van der Waals surface area contributed by atoms with Crippen LogP contribution in [0.5, 0.6) is 5.75 Å². The zero-order valence-electron chi connectivity index (χ0n) is 8.86. The van der Waals surface area contributed by atoms with Crippen LogP contribution in [-0.2, 0) is 6.61 Å². The van der Waals surface area contributed by atoms with Crippen molar-refractivity contribution in [1.82, 2.24) is 4.98 Å². The van der Waals surface area contributed by atoms with Crippen LogP contribution in [0, 0.1) is 13.8 Å². The van der Waals surface area contributed by atoms with Crippen LogP contribution in [0.1, 0.15) is 15.6 Å². The topological polar surface area (TPSA) is 22.1 Å². The maximum atomic E-state index is 5.61. The van der Waals surface area contributed by atoms with Crippen molar-refractivity contribution in [2.24, 2.45) is 0 Å². The summed E-state index contributed by atoms with van der Waals surface area (Å²) in [6.07, 6.45) is 0. The number of thiazole rings is 1. The van der Waals surface area contributed by atoms with Crippen LogP contribution in [-0.4, -0.2) is 4.98 Å². The summed E-state index contributed by atoms with van der Waals surface area (Å²) in [6.45, 7) is 4.67. The van der Waals surface area contributed by atoms with Gasteiger partial charge in [0.25, 0.3) is 0 Å². The molecule has 0 saturated carbocycles. The first-order valence-electron chi connectivity index (χ1n) is 4.86. The van der Waals surface area contributed by atoms with Crippen LogP contribution in [0.4, 0.5) is 0 Å². The largest absolute Gasteiger partial charge is 0.486 e. The van der Waals surface area contributed by atoms with Gasteiger partial charge in [-0.2, -0.15) is 0 Å². The van der Waals surface area contributed by atoms with E-state index >= 15 is 0 Å². The van der Waals surface area contributed by atoms with Crippen molar-refractivity contribution in [3.63, 3.8) is 0 Å². The van der Waals surface area contributed by atoms with Gasteiger partial charge < -0.3 is 4.74 Å². The molecule has 1 heterocycles. The van der Waals surface area contributed by atoms with Crippen molar-refractivity contribution in [2.75, 3.05) is 0 Å². The fourth-order valence-corrected chi connectivity index (χ4v) is 2.11. The van der Waals surface area contributed by atoms with Crippen molar-refractivity contribution in [3.05, 3.63) is 45.9 Å². The minimum Gasteiger partial charge on any atom is -0.486 e. The molecule has 2 rings (SSSR count). The van der Waals surface area contributed by atoms with Crippen LogP contribution in [0.3, 0.4) is 0 Å². The number of benzene rings is 1. The normalized spacial score (nSPS) is 10.3. The van der Waals surface area contributed by atoms with Crippen molar-refractivity contribution in [1.29, 1.82) is 0 Å². The van der Waals surface area contributed by atoms with Gasteiger partial charge in [-0.3, -0.25) is 0 Å². The van der Waals surface area contributed by atoms with Gasteiger partial charge in [-0.05, 0) is 26.0 Å². The maximum Gasteiger partial charge on any atom is 0.140 e. The lowest BCUT2D eigenvalue weighted by Crippen LogP contribution is -1.94. The molecular formula is C12H13NOS. The van der Waals surface area contributed by atoms with Crippen molar-refractivity contribution in [2.45, 2.75) is 20.5 Å². The molecule has 0 unspecified atom stereocenters. The van der Waals surface area contributed by atoms with E-state index in [-0.39, 0.29) is 0 Å². The Hall–Kier alpha value is -1.35. The van der Waals surface area contributed by atoms with Crippen molar-refractivity contribution in [3.8, 4) is 5.75 Å². The lowest BCUT2D eigenvalue weighted by Gasteiger charge is -2.02. The van der Waals surface area contributed by atoms with E-state index in [0.717, 1.165) is 16.5 Å². The van der Waals surface area contributed by atoms with Crippen molar-refractivity contribution >= 4 is 11.3 Å². The first-order valence-corrected chi connectivity index (χ1v) is 5.68. The molecule has 0 N–H and O–H groups in total. The Labute approximate surface area is 93.6 Å². The zero-order chi connectivity index (χ0) is 10.7. The van der Waals surface area contributed by atoms with Crippen LogP contribution >= 0.6 is 11.3 Å². The molecule has 0 radical (unpaired) electrons. The van der Waals surface area contributed by atoms with Crippen molar-refractivity contribution < 1.29 is 4.74 Å². The molecule has 0 saturated heterocycles. The summed E-state index contributed by atoms with van der Waals surface area (Å²) in [6, 6.07) is 9.81. The third kappa shape index (κ3) is 2.57. The molecule has 15 heavy (non-hydrogen) atoms. The van der Waals surface area contributed by atoms with Gasteiger partial charge in [0.2, 0.25) is 0 Å². The fourth-order valence-electron chi connectivity index (χ4n) is 1.26. The van der Waals surface area contributed by atoms with E-state index in [1.807, 2.05) is 37.3 Å². The number of hydrogen-bond donors (Lipinski definition) is 0. The molecule has 1 aromatic heterocycles. The monoisotopic (exact) mass is 219 g/mol. The second-order valence-electron chi connectivity index (χ2n) is 3.35. The Bertz CT molecular complexity index is 417. The maximum absolute atomic E-state index is 5.61. The highest BCUT2D eigenvalue weighted by molar-refractivity contribution is 7.11. The number of aromatic nitrogens is 1.